The Balaban J connectivity index is 2.39. The van der Waals surface area contributed by atoms with Crippen molar-refractivity contribution in [3.63, 3.8) is 0 Å². The van der Waals surface area contributed by atoms with Gasteiger partial charge in [-0.2, -0.15) is 0 Å². The van der Waals surface area contributed by atoms with Crippen LogP contribution < -0.4 is 0 Å². The predicted molar refractivity (Wildman–Crippen MR) is 90.6 cm³/mol. The van der Waals surface area contributed by atoms with Crippen LogP contribution in [0, 0.1) is 6.92 Å². The van der Waals surface area contributed by atoms with Gasteiger partial charge in [0.1, 0.15) is 11.3 Å². The second kappa shape index (κ2) is 5.59. The molecule has 0 radical (unpaired) electrons. The molecule has 0 spiro atoms. The Labute approximate surface area is 141 Å². The Morgan fingerprint density at radius 2 is 2.10 bits per heavy atom. The minimum atomic E-state index is -0.245. The first-order valence-electron chi connectivity index (χ1n) is 6.42. The van der Waals surface area contributed by atoms with Gasteiger partial charge in [0.25, 0.3) is 0 Å². The monoisotopic (exact) mass is 383 g/mol. The summed E-state index contributed by atoms with van der Waals surface area (Å²) in [4.78, 5) is 9.13. The van der Waals surface area contributed by atoms with E-state index in [1.807, 2.05) is 48.9 Å². The summed E-state index contributed by atoms with van der Waals surface area (Å²) in [7, 11) is 0. The zero-order chi connectivity index (χ0) is 15.1. The standard InChI is InChI=1S/C15H12BrCl2N3/c1-8-6-11-15(19-7-8)21(14(20-11)9(2)17)12-5-3-4-10(18)13(12)16/h3-7,9H,1-2H3. The maximum absolute atomic E-state index is 6.30. The summed E-state index contributed by atoms with van der Waals surface area (Å²) in [5, 5.41) is 0.389. The van der Waals surface area contributed by atoms with Crippen LogP contribution in [0.3, 0.4) is 0 Å². The fourth-order valence-electron chi connectivity index (χ4n) is 2.25. The summed E-state index contributed by atoms with van der Waals surface area (Å²) in [6.07, 6.45) is 1.82. The fraction of sp³-hybridized carbons (Fsp3) is 0.200. The van der Waals surface area contributed by atoms with Gasteiger partial charge in [-0.3, -0.25) is 4.57 Å². The van der Waals surface area contributed by atoms with Crippen LogP contribution in [0.2, 0.25) is 5.02 Å². The molecule has 0 saturated heterocycles. The molecular formula is C15H12BrCl2N3. The normalized spacial score (nSPS) is 12.8. The molecule has 2 heterocycles. The topological polar surface area (TPSA) is 30.7 Å². The maximum Gasteiger partial charge on any atom is 0.164 e. The number of imidazole rings is 1. The van der Waals surface area contributed by atoms with Crippen molar-refractivity contribution >= 4 is 50.3 Å². The second-order valence-electron chi connectivity index (χ2n) is 4.85. The zero-order valence-corrected chi connectivity index (χ0v) is 14.5. The Morgan fingerprint density at radius 3 is 2.81 bits per heavy atom. The molecule has 3 aromatic rings. The Kier molecular flexibility index (Phi) is 3.95. The van der Waals surface area contributed by atoms with Crippen LogP contribution in [0.1, 0.15) is 23.7 Å². The van der Waals surface area contributed by atoms with Crippen LogP contribution in [0.25, 0.3) is 16.9 Å². The van der Waals surface area contributed by atoms with Gasteiger partial charge in [0, 0.05) is 6.20 Å². The van der Waals surface area contributed by atoms with E-state index in [0.29, 0.717) is 5.02 Å². The number of nitrogens with zero attached hydrogens (tertiary/aromatic N) is 3. The number of fused-ring (bicyclic) bond motifs is 1. The lowest BCUT2D eigenvalue weighted by atomic mass is 10.3. The van der Waals surface area contributed by atoms with Crippen molar-refractivity contribution in [1.29, 1.82) is 0 Å². The molecule has 0 fully saturated rings. The average Bonchev–Trinajstić information content (AvgIpc) is 2.80. The molecule has 0 N–H and O–H groups in total. The molecule has 3 nitrogen and oxygen atoms in total. The van der Waals surface area contributed by atoms with Gasteiger partial charge >= 0.3 is 0 Å². The molecule has 21 heavy (non-hydrogen) atoms. The number of aryl methyl sites for hydroxylation is 1. The van der Waals surface area contributed by atoms with E-state index in [9.17, 15) is 0 Å². The summed E-state index contributed by atoms with van der Waals surface area (Å²) in [6, 6.07) is 7.68. The van der Waals surface area contributed by atoms with Crippen molar-refractivity contribution in [3.05, 3.63) is 51.3 Å². The molecule has 3 rings (SSSR count). The van der Waals surface area contributed by atoms with Gasteiger partial charge in [-0.15, -0.1) is 11.6 Å². The van der Waals surface area contributed by atoms with Crippen LogP contribution in [0.4, 0.5) is 0 Å². The maximum atomic E-state index is 6.30. The Hall–Kier alpha value is -1.10. The molecule has 6 heteroatoms. The number of aromatic nitrogens is 3. The lowest BCUT2D eigenvalue weighted by Gasteiger charge is -2.12. The fourth-order valence-corrected chi connectivity index (χ4v) is 3.01. The quantitative estimate of drug-likeness (QED) is 0.550. The van der Waals surface area contributed by atoms with E-state index >= 15 is 0 Å². The lowest BCUT2D eigenvalue weighted by molar-refractivity contribution is 0.874. The van der Waals surface area contributed by atoms with Crippen molar-refractivity contribution in [1.82, 2.24) is 14.5 Å². The highest BCUT2D eigenvalue weighted by molar-refractivity contribution is 9.10. The van der Waals surface area contributed by atoms with E-state index in [4.69, 9.17) is 23.2 Å². The van der Waals surface area contributed by atoms with Gasteiger partial charge in [0.05, 0.1) is 20.6 Å². The summed E-state index contributed by atoms with van der Waals surface area (Å²) in [5.74, 6) is 0.743. The van der Waals surface area contributed by atoms with E-state index < -0.39 is 0 Å². The van der Waals surface area contributed by atoms with E-state index in [0.717, 1.165) is 32.7 Å². The van der Waals surface area contributed by atoms with Crippen molar-refractivity contribution in [3.8, 4) is 5.69 Å². The third kappa shape index (κ3) is 2.56. The summed E-state index contributed by atoms with van der Waals surface area (Å²) >= 11 is 16.0. The molecule has 2 aromatic heterocycles. The third-order valence-corrected chi connectivity index (χ3v) is 4.76. The van der Waals surface area contributed by atoms with Crippen LogP contribution in [0.15, 0.2) is 34.9 Å². The molecule has 0 saturated carbocycles. The molecule has 0 aliphatic heterocycles. The number of benzene rings is 1. The van der Waals surface area contributed by atoms with Crippen molar-refractivity contribution in [2.24, 2.45) is 0 Å². The minimum absolute atomic E-state index is 0.245. The first-order valence-corrected chi connectivity index (χ1v) is 8.03. The van der Waals surface area contributed by atoms with Gasteiger partial charge < -0.3 is 0 Å². The molecule has 1 unspecified atom stereocenters. The van der Waals surface area contributed by atoms with Crippen LogP contribution >= 0.6 is 39.1 Å². The summed E-state index contributed by atoms with van der Waals surface area (Å²) < 4.78 is 2.74. The number of hydrogen-bond donors (Lipinski definition) is 0. The summed E-state index contributed by atoms with van der Waals surface area (Å²) in [6.45, 7) is 3.88. The van der Waals surface area contributed by atoms with Crippen molar-refractivity contribution in [2.75, 3.05) is 0 Å². The number of pyridine rings is 1. The molecule has 108 valence electrons. The highest BCUT2D eigenvalue weighted by Crippen LogP contribution is 2.34. The molecule has 0 bridgehead atoms. The molecule has 0 aliphatic carbocycles. The number of rotatable bonds is 2. The van der Waals surface area contributed by atoms with Gasteiger partial charge in [-0.1, -0.05) is 17.7 Å². The van der Waals surface area contributed by atoms with Crippen LogP contribution in [-0.2, 0) is 0 Å². The van der Waals surface area contributed by atoms with Crippen molar-refractivity contribution < 1.29 is 0 Å². The van der Waals surface area contributed by atoms with E-state index in [1.165, 1.54) is 0 Å². The van der Waals surface area contributed by atoms with Gasteiger partial charge in [0.15, 0.2) is 5.65 Å². The zero-order valence-electron chi connectivity index (χ0n) is 11.4. The largest absolute Gasteiger partial charge is 0.278 e. The summed E-state index contributed by atoms with van der Waals surface area (Å²) in [5.41, 5.74) is 3.53. The SMILES string of the molecule is Cc1cnc2c(c1)nc(C(C)Cl)n2-c1cccc(Cl)c1Br. The van der Waals surface area contributed by atoms with Gasteiger partial charge in [-0.05, 0) is 53.5 Å². The number of halogens is 3. The van der Waals surface area contributed by atoms with Crippen LogP contribution in [0.5, 0.6) is 0 Å². The minimum Gasteiger partial charge on any atom is -0.278 e. The highest BCUT2D eigenvalue weighted by Gasteiger charge is 2.19. The first kappa shape index (κ1) is 14.8. The van der Waals surface area contributed by atoms with E-state index in [1.54, 1.807) is 0 Å². The van der Waals surface area contributed by atoms with Gasteiger partial charge in [0.2, 0.25) is 0 Å². The molecule has 0 aliphatic rings. The number of hydrogen-bond acceptors (Lipinski definition) is 2. The highest BCUT2D eigenvalue weighted by atomic mass is 79.9. The molecular weight excluding hydrogens is 373 g/mol. The van der Waals surface area contributed by atoms with E-state index in [-0.39, 0.29) is 5.38 Å². The second-order valence-corrected chi connectivity index (χ2v) is 6.70. The average molecular weight is 385 g/mol. The van der Waals surface area contributed by atoms with Gasteiger partial charge in [-0.25, -0.2) is 9.97 Å². The molecule has 1 aromatic carbocycles. The molecule has 0 amide bonds. The number of alkyl halides is 1. The Morgan fingerprint density at radius 1 is 1.33 bits per heavy atom. The van der Waals surface area contributed by atoms with Crippen LogP contribution in [-0.4, -0.2) is 14.5 Å². The smallest absolute Gasteiger partial charge is 0.164 e. The predicted octanol–water partition coefficient (Wildman–Crippen LogP) is 5.44. The first-order chi connectivity index (χ1) is 9.99. The Bertz CT molecular complexity index is 827. The van der Waals surface area contributed by atoms with Crippen molar-refractivity contribution in [2.45, 2.75) is 19.2 Å². The van der Waals surface area contributed by atoms with E-state index in [2.05, 4.69) is 25.9 Å². The third-order valence-electron chi connectivity index (χ3n) is 3.19. The molecule has 1 atom stereocenters. The lowest BCUT2D eigenvalue weighted by Crippen LogP contribution is -2.03.